The summed E-state index contributed by atoms with van der Waals surface area (Å²) >= 11 is 0. The highest BCUT2D eigenvalue weighted by Crippen LogP contribution is 2.31. The molecule has 26 heavy (non-hydrogen) atoms. The Balaban J connectivity index is 0.00000146. The zero-order chi connectivity index (χ0) is 20.5. The molecule has 0 spiro atoms. The van der Waals surface area contributed by atoms with Crippen LogP contribution in [0.5, 0.6) is 0 Å². The van der Waals surface area contributed by atoms with Gasteiger partial charge in [0.05, 0.1) is 24.3 Å². The van der Waals surface area contributed by atoms with Crippen molar-refractivity contribution in [3.05, 3.63) is 33.7 Å². The van der Waals surface area contributed by atoms with Crippen LogP contribution < -0.4 is 5.56 Å². The molecule has 2 unspecified atom stereocenters. The van der Waals surface area contributed by atoms with Crippen LogP contribution in [0, 0.1) is 0 Å². The fraction of sp³-hybridized carbons (Fsp3) is 0.737. The summed E-state index contributed by atoms with van der Waals surface area (Å²) in [5.74, 6) is -0.299. The second-order valence-electron chi connectivity index (χ2n) is 5.75. The third kappa shape index (κ3) is 6.13. The van der Waals surface area contributed by atoms with Gasteiger partial charge in [-0.2, -0.15) is 13.2 Å². The number of nitrogens with zero attached hydrogens (tertiary/aromatic N) is 1. The lowest BCUT2D eigenvalue weighted by atomic mass is 10.0. The number of rotatable bonds is 3. The van der Waals surface area contributed by atoms with Gasteiger partial charge in [-0.05, 0) is 18.4 Å². The number of halogens is 3. The van der Waals surface area contributed by atoms with Crippen LogP contribution in [0.3, 0.4) is 0 Å². The van der Waals surface area contributed by atoms with Gasteiger partial charge in [-0.25, -0.2) is 0 Å². The van der Waals surface area contributed by atoms with Crippen molar-refractivity contribution < 1.29 is 22.6 Å². The van der Waals surface area contributed by atoms with Gasteiger partial charge >= 0.3 is 6.18 Å². The molecule has 2 atom stereocenters. The van der Waals surface area contributed by atoms with E-state index >= 15 is 0 Å². The Morgan fingerprint density at radius 3 is 2.27 bits per heavy atom. The molecule has 0 saturated carbocycles. The van der Waals surface area contributed by atoms with Crippen LogP contribution in [0.4, 0.5) is 13.2 Å². The quantitative estimate of drug-likeness (QED) is 0.740. The van der Waals surface area contributed by atoms with E-state index in [1.807, 2.05) is 27.7 Å². The van der Waals surface area contributed by atoms with Crippen molar-refractivity contribution in [1.82, 2.24) is 4.57 Å². The van der Waals surface area contributed by atoms with Gasteiger partial charge in [0.15, 0.2) is 0 Å². The van der Waals surface area contributed by atoms with Crippen molar-refractivity contribution in [1.29, 1.82) is 0 Å². The fourth-order valence-corrected chi connectivity index (χ4v) is 2.68. The number of pyridine rings is 1. The van der Waals surface area contributed by atoms with E-state index in [1.165, 1.54) is 7.11 Å². The molecule has 2 heterocycles. The molecule has 0 bridgehead atoms. The average Bonchev–Trinajstić information content (AvgIpc) is 2.64. The summed E-state index contributed by atoms with van der Waals surface area (Å²) in [4.78, 5) is 12.5. The SMILES string of the molecule is CC.CC.COC1CCOCC1n1cc(C(F)(F)F)cc(C(C)C)c1=O. The minimum absolute atomic E-state index is 0.148. The summed E-state index contributed by atoms with van der Waals surface area (Å²) in [7, 11) is 1.49. The van der Waals surface area contributed by atoms with Crippen LogP contribution in [0.2, 0.25) is 0 Å². The highest BCUT2D eigenvalue weighted by Gasteiger charge is 2.35. The zero-order valence-electron chi connectivity index (χ0n) is 16.8. The summed E-state index contributed by atoms with van der Waals surface area (Å²) < 4.78 is 51.1. The third-order valence-corrected chi connectivity index (χ3v) is 3.94. The molecule has 1 aromatic heterocycles. The molecule has 0 aliphatic carbocycles. The molecular weight excluding hydrogens is 347 g/mol. The number of hydrogen-bond acceptors (Lipinski definition) is 3. The van der Waals surface area contributed by atoms with E-state index in [1.54, 1.807) is 13.8 Å². The predicted octanol–water partition coefficient (Wildman–Crippen LogP) is 5.02. The maximum absolute atomic E-state index is 13.1. The average molecular weight is 379 g/mol. The van der Waals surface area contributed by atoms with Gasteiger partial charge in [-0.1, -0.05) is 41.5 Å². The molecule has 1 saturated heterocycles. The lowest BCUT2D eigenvalue weighted by molar-refractivity contribution is -0.138. The molecule has 0 aromatic carbocycles. The zero-order valence-corrected chi connectivity index (χ0v) is 16.8. The highest BCUT2D eigenvalue weighted by atomic mass is 19.4. The van der Waals surface area contributed by atoms with E-state index in [9.17, 15) is 18.0 Å². The molecule has 152 valence electrons. The summed E-state index contributed by atoms with van der Waals surface area (Å²) in [6, 6.07) is 0.390. The molecular formula is C19H32F3NO3. The van der Waals surface area contributed by atoms with Gasteiger partial charge in [0.2, 0.25) is 0 Å². The monoisotopic (exact) mass is 379 g/mol. The Morgan fingerprint density at radius 1 is 1.23 bits per heavy atom. The molecule has 1 fully saturated rings. The van der Waals surface area contributed by atoms with Crippen molar-refractivity contribution in [3.8, 4) is 0 Å². The standard InChI is InChI=1S/C15H20F3NO3.2C2H6/c1-9(2)11-6-10(15(16,17)18)7-19(14(11)20)12-8-22-5-4-13(12)21-3;2*1-2/h6-7,9,12-13H,4-5,8H2,1-3H3;2*1-2H3. The molecule has 1 aliphatic rings. The molecule has 0 radical (unpaired) electrons. The van der Waals surface area contributed by atoms with Crippen molar-refractivity contribution in [3.63, 3.8) is 0 Å². The topological polar surface area (TPSA) is 40.5 Å². The number of ether oxygens (including phenoxy) is 2. The summed E-state index contributed by atoms with van der Waals surface area (Å²) in [6.07, 6.45) is -3.42. The number of methoxy groups -OCH3 is 1. The predicted molar refractivity (Wildman–Crippen MR) is 97.8 cm³/mol. The Hall–Kier alpha value is -1.34. The Kier molecular flexibility index (Phi) is 10.8. The van der Waals surface area contributed by atoms with E-state index in [4.69, 9.17) is 9.47 Å². The maximum atomic E-state index is 13.1. The van der Waals surface area contributed by atoms with Gasteiger partial charge in [-0.3, -0.25) is 4.79 Å². The largest absolute Gasteiger partial charge is 0.417 e. The second kappa shape index (κ2) is 11.4. The first-order chi connectivity index (χ1) is 12.3. The van der Waals surface area contributed by atoms with E-state index in [2.05, 4.69) is 0 Å². The third-order valence-electron chi connectivity index (χ3n) is 3.94. The molecule has 0 amide bonds. The summed E-state index contributed by atoms with van der Waals surface area (Å²) in [6.45, 7) is 12.0. The lowest BCUT2D eigenvalue weighted by Gasteiger charge is -2.32. The van der Waals surface area contributed by atoms with Gasteiger partial charge in [0, 0.05) is 25.5 Å². The Morgan fingerprint density at radius 2 is 1.81 bits per heavy atom. The Bertz CT molecular complexity index is 582. The molecule has 2 rings (SSSR count). The van der Waals surface area contributed by atoms with Crippen molar-refractivity contribution in [2.75, 3.05) is 20.3 Å². The van der Waals surface area contributed by atoms with Gasteiger partial charge in [-0.15, -0.1) is 0 Å². The van der Waals surface area contributed by atoms with Crippen LogP contribution in [0.25, 0.3) is 0 Å². The molecule has 0 N–H and O–H groups in total. The number of hydrogen-bond donors (Lipinski definition) is 0. The van der Waals surface area contributed by atoms with E-state index in [0.29, 0.717) is 13.0 Å². The minimum atomic E-state index is -4.50. The van der Waals surface area contributed by atoms with Crippen molar-refractivity contribution in [2.45, 2.75) is 72.2 Å². The van der Waals surface area contributed by atoms with Crippen LogP contribution in [-0.2, 0) is 15.7 Å². The van der Waals surface area contributed by atoms with E-state index in [0.717, 1.165) is 16.8 Å². The van der Waals surface area contributed by atoms with Crippen LogP contribution in [0.15, 0.2) is 17.1 Å². The van der Waals surface area contributed by atoms with E-state index < -0.39 is 23.3 Å². The maximum Gasteiger partial charge on any atom is 0.417 e. The molecule has 1 aliphatic heterocycles. The first-order valence-electron chi connectivity index (χ1n) is 9.19. The number of aromatic nitrogens is 1. The van der Waals surface area contributed by atoms with Crippen molar-refractivity contribution >= 4 is 0 Å². The lowest BCUT2D eigenvalue weighted by Crippen LogP contribution is -2.41. The summed E-state index contributed by atoms with van der Waals surface area (Å²) in [5, 5.41) is 0. The smallest absolute Gasteiger partial charge is 0.379 e. The molecule has 4 nitrogen and oxygen atoms in total. The molecule has 1 aromatic rings. The van der Waals surface area contributed by atoms with Gasteiger partial charge in [0.1, 0.15) is 0 Å². The van der Waals surface area contributed by atoms with Gasteiger partial charge < -0.3 is 14.0 Å². The first kappa shape index (κ1) is 24.7. The fourth-order valence-electron chi connectivity index (χ4n) is 2.68. The first-order valence-corrected chi connectivity index (χ1v) is 9.19. The van der Waals surface area contributed by atoms with Crippen LogP contribution >= 0.6 is 0 Å². The summed E-state index contributed by atoms with van der Waals surface area (Å²) in [5.41, 5.74) is -1.09. The van der Waals surface area contributed by atoms with Crippen LogP contribution in [0.1, 0.15) is 71.0 Å². The minimum Gasteiger partial charge on any atom is -0.379 e. The van der Waals surface area contributed by atoms with Gasteiger partial charge in [0.25, 0.3) is 5.56 Å². The number of alkyl halides is 3. The molecule has 7 heteroatoms. The van der Waals surface area contributed by atoms with E-state index in [-0.39, 0.29) is 24.2 Å². The normalized spacial score (nSPS) is 20.0. The Labute approximate surface area is 154 Å². The second-order valence-corrected chi connectivity index (χ2v) is 5.75. The highest BCUT2D eigenvalue weighted by molar-refractivity contribution is 5.25. The van der Waals surface area contributed by atoms with Crippen LogP contribution in [-0.4, -0.2) is 31.0 Å². The van der Waals surface area contributed by atoms with Crippen molar-refractivity contribution in [2.24, 2.45) is 0 Å².